The van der Waals surface area contributed by atoms with E-state index in [0.717, 1.165) is 27.6 Å². The van der Waals surface area contributed by atoms with Gasteiger partial charge < -0.3 is 4.42 Å². The van der Waals surface area contributed by atoms with Crippen molar-refractivity contribution in [1.82, 2.24) is 15.0 Å². The minimum Gasteiger partial charge on any atom is -0.456 e. The van der Waals surface area contributed by atoms with Crippen LogP contribution in [0, 0.1) is 0 Å². The van der Waals surface area contributed by atoms with Gasteiger partial charge in [0.1, 0.15) is 11.2 Å². The lowest BCUT2D eigenvalue weighted by Crippen LogP contribution is -2.00. The van der Waals surface area contributed by atoms with E-state index >= 15 is 0 Å². The largest absolute Gasteiger partial charge is 0.456 e. The summed E-state index contributed by atoms with van der Waals surface area (Å²) in [4.78, 5) is 13.5. The summed E-state index contributed by atoms with van der Waals surface area (Å²) >= 11 is 0. The Kier molecular flexibility index (Phi) is 3.54. The Balaban J connectivity index is 1.35. The van der Waals surface area contributed by atoms with Crippen LogP contribution in [0.3, 0.4) is 0 Å². The van der Waals surface area contributed by atoms with Gasteiger partial charge in [0.25, 0.3) is 0 Å². The van der Waals surface area contributed by atoms with Crippen molar-refractivity contribution in [1.29, 1.82) is 0 Å². The van der Waals surface area contributed by atoms with Gasteiger partial charge in [-0.05, 0) is 50.8 Å². The molecule has 0 spiro atoms. The predicted molar refractivity (Wildman–Crippen MR) is 184 cm³/mol. The van der Waals surface area contributed by atoms with Crippen LogP contribution in [0.2, 0.25) is 0 Å². The predicted octanol–water partition coefficient (Wildman–Crippen LogP) is 10.7. The molecule has 45 heavy (non-hydrogen) atoms. The second kappa shape index (κ2) is 10.2. The van der Waals surface area contributed by atoms with Crippen LogP contribution in [0.25, 0.3) is 88.8 Å². The molecule has 4 heteroatoms. The Bertz CT molecular complexity index is 3240. The zero-order chi connectivity index (χ0) is 41.1. The summed E-state index contributed by atoms with van der Waals surface area (Å²) in [5.74, 6) is -1.30. The highest BCUT2D eigenvalue weighted by Crippen LogP contribution is 2.37. The van der Waals surface area contributed by atoms with Crippen LogP contribution >= 0.6 is 0 Å². The lowest BCUT2D eigenvalue weighted by Gasteiger charge is -2.10. The molecule has 0 saturated carbocycles. The molecule has 0 aliphatic carbocycles. The second-order valence-electron chi connectivity index (χ2n) is 10.2. The monoisotopic (exact) mass is 588 g/mol. The molecule has 0 saturated heterocycles. The summed E-state index contributed by atoms with van der Waals surface area (Å²) in [6, 6.07) is 14.8. The molecule has 7 aromatic carbocycles. The van der Waals surface area contributed by atoms with Gasteiger partial charge in [-0.3, -0.25) is 0 Å². The number of hydrogen-bond acceptors (Lipinski definition) is 4. The fourth-order valence-corrected chi connectivity index (χ4v) is 5.49. The minimum absolute atomic E-state index is 0.0113. The van der Waals surface area contributed by atoms with Crippen LogP contribution in [-0.2, 0) is 0 Å². The molecule has 9 rings (SSSR count). The number of fused-ring (bicyclic) bond motifs is 6. The van der Waals surface area contributed by atoms with E-state index in [1.807, 2.05) is 48.5 Å². The first kappa shape index (κ1) is 15.6. The van der Waals surface area contributed by atoms with Crippen LogP contribution in [-0.4, -0.2) is 15.0 Å². The lowest BCUT2D eigenvalue weighted by atomic mass is 9.97. The molecule has 2 aromatic heterocycles. The van der Waals surface area contributed by atoms with E-state index in [4.69, 9.17) is 16.8 Å². The summed E-state index contributed by atoms with van der Waals surface area (Å²) in [6.45, 7) is 0. The molecule has 0 N–H and O–H groups in total. The standard InChI is InChI=1S/C41H25N3O/c1-2-10-29(11-3-1)39-42-40(44-41(43-39)34-14-8-16-37-38(34)33-13-6-7-15-36(33)45-37)30-22-17-26(18-23-30)31-24-21-28-20-19-27-9-4-5-12-32(27)35(28)25-31/h1-25H/i1D,2D,3D,6D,10D,11D,14D,15D,16D,17D,18D,22D,23D. The first-order valence-electron chi connectivity index (χ1n) is 20.5. The van der Waals surface area contributed by atoms with Crippen LogP contribution in [0.15, 0.2) is 156 Å². The van der Waals surface area contributed by atoms with Crippen molar-refractivity contribution in [2.75, 3.05) is 0 Å². The van der Waals surface area contributed by atoms with Gasteiger partial charge in [-0.1, -0.05) is 133 Å². The van der Waals surface area contributed by atoms with Gasteiger partial charge in [0, 0.05) is 27.5 Å². The molecule has 0 atom stereocenters. The Labute approximate surface area is 277 Å². The summed E-state index contributed by atoms with van der Waals surface area (Å²) in [5, 5.41) is 3.95. The van der Waals surface area contributed by atoms with Gasteiger partial charge in [0.2, 0.25) is 0 Å². The first-order valence-corrected chi connectivity index (χ1v) is 14.0. The fourth-order valence-electron chi connectivity index (χ4n) is 5.49. The van der Waals surface area contributed by atoms with Crippen molar-refractivity contribution >= 4 is 43.5 Å². The number of hydrogen-bond donors (Lipinski definition) is 0. The molecule has 9 aromatic rings. The highest BCUT2D eigenvalue weighted by atomic mass is 16.3. The fraction of sp³-hybridized carbons (Fsp3) is 0. The van der Waals surface area contributed by atoms with Gasteiger partial charge in [-0.25, -0.2) is 15.0 Å². The molecule has 0 bridgehead atoms. The summed E-state index contributed by atoms with van der Waals surface area (Å²) in [6.07, 6.45) is 0. The molecular weight excluding hydrogens is 550 g/mol. The third-order valence-corrected chi connectivity index (χ3v) is 7.60. The highest BCUT2D eigenvalue weighted by Gasteiger charge is 2.17. The number of benzene rings is 7. The highest BCUT2D eigenvalue weighted by molar-refractivity contribution is 6.12. The van der Waals surface area contributed by atoms with Gasteiger partial charge >= 0.3 is 0 Å². The average molecular weight is 589 g/mol. The van der Waals surface area contributed by atoms with E-state index in [1.165, 1.54) is 12.1 Å². The maximum absolute atomic E-state index is 9.25. The number of aromatic nitrogens is 3. The minimum atomic E-state index is -0.690. The van der Waals surface area contributed by atoms with Gasteiger partial charge in [-0.15, -0.1) is 0 Å². The Morgan fingerprint density at radius 2 is 1.13 bits per heavy atom. The summed E-state index contributed by atoms with van der Waals surface area (Å²) in [5.41, 5.74) is -0.549. The molecule has 0 aliphatic rings. The second-order valence-corrected chi connectivity index (χ2v) is 10.2. The quantitative estimate of drug-likeness (QED) is 0.192. The maximum Gasteiger partial charge on any atom is 0.164 e. The zero-order valence-corrected chi connectivity index (χ0v) is 23.2. The molecule has 0 aliphatic heterocycles. The number of furan rings is 1. The van der Waals surface area contributed by atoms with E-state index in [0.29, 0.717) is 5.56 Å². The Hall–Kier alpha value is -6.13. The smallest absolute Gasteiger partial charge is 0.164 e. The van der Waals surface area contributed by atoms with Crippen molar-refractivity contribution < 1.29 is 22.2 Å². The normalized spacial score (nSPS) is 15.6. The Morgan fingerprint density at radius 1 is 0.444 bits per heavy atom. The van der Waals surface area contributed by atoms with Crippen molar-refractivity contribution in [3.63, 3.8) is 0 Å². The molecule has 0 fully saturated rings. The van der Waals surface area contributed by atoms with Crippen LogP contribution < -0.4 is 0 Å². The van der Waals surface area contributed by atoms with E-state index < -0.39 is 71.6 Å². The molecule has 210 valence electrons. The van der Waals surface area contributed by atoms with Crippen LogP contribution in [0.4, 0.5) is 0 Å². The topological polar surface area (TPSA) is 51.8 Å². The van der Waals surface area contributed by atoms with E-state index in [2.05, 4.69) is 15.0 Å². The summed E-state index contributed by atoms with van der Waals surface area (Å²) < 4.78 is 119. The molecule has 0 amide bonds. The third-order valence-electron chi connectivity index (χ3n) is 7.60. The van der Waals surface area contributed by atoms with E-state index in [9.17, 15) is 5.48 Å². The zero-order valence-electron chi connectivity index (χ0n) is 36.2. The van der Waals surface area contributed by atoms with E-state index in [-0.39, 0.29) is 68.6 Å². The molecule has 2 heterocycles. The Morgan fingerprint density at radius 3 is 1.98 bits per heavy atom. The SMILES string of the molecule is [2H]c1cc([2H])c2oc3c([2H])cc([2H])c(-c4nc(-c5c([2H])c([2H])c([2H])c([2H])c5[2H])nc(-c5c([2H])c([2H])c(-c6ccc7ccc8ccccc8c7c6)c([2H])c5[2H])n4)c3c2c1. The van der Waals surface area contributed by atoms with Gasteiger partial charge in [0.15, 0.2) is 17.5 Å². The van der Waals surface area contributed by atoms with Crippen molar-refractivity contribution in [2.24, 2.45) is 0 Å². The first-order chi connectivity index (χ1) is 27.7. The average Bonchev–Trinajstić information content (AvgIpc) is 3.58. The summed E-state index contributed by atoms with van der Waals surface area (Å²) in [7, 11) is 0. The molecule has 4 nitrogen and oxygen atoms in total. The lowest BCUT2D eigenvalue weighted by molar-refractivity contribution is 0.669. The number of rotatable bonds is 4. The van der Waals surface area contributed by atoms with Gasteiger partial charge in [-0.2, -0.15) is 0 Å². The van der Waals surface area contributed by atoms with Crippen LogP contribution in [0.5, 0.6) is 0 Å². The van der Waals surface area contributed by atoms with Crippen molar-refractivity contribution in [2.45, 2.75) is 0 Å². The molecular formula is C41H25N3O. The maximum atomic E-state index is 9.25. The van der Waals surface area contributed by atoms with Crippen molar-refractivity contribution in [3.05, 3.63) is 151 Å². The number of para-hydroxylation sites is 1. The van der Waals surface area contributed by atoms with Crippen molar-refractivity contribution in [3.8, 4) is 45.3 Å². The van der Waals surface area contributed by atoms with E-state index in [1.54, 1.807) is 6.07 Å². The van der Waals surface area contributed by atoms with Gasteiger partial charge in [0.05, 0.1) is 17.8 Å². The molecule has 0 radical (unpaired) electrons. The van der Waals surface area contributed by atoms with Crippen LogP contribution in [0.1, 0.15) is 17.8 Å². The third kappa shape index (κ3) is 4.35. The number of nitrogens with zero attached hydrogens (tertiary/aromatic N) is 3. The molecule has 0 unspecified atom stereocenters.